The van der Waals surface area contributed by atoms with Crippen LogP contribution in [0, 0.1) is 0 Å². The van der Waals surface area contributed by atoms with Crippen LogP contribution >= 0.6 is 0 Å². The zero-order valence-electron chi connectivity index (χ0n) is 33.0. The first-order valence-electron chi connectivity index (χ1n) is 17.5. The molecule has 4 amide bonds. The Labute approximate surface area is 322 Å². The number of aliphatic hydroxyl groups is 1. The lowest BCUT2D eigenvalue weighted by Crippen LogP contribution is -2.44. The monoisotopic (exact) mass is 778 g/mol. The zero-order chi connectivity index (χ0) is 41.9. The third kappa shape index (κ3) is 26.8. The molecule has 0 radical (unpaired) electrons. The summed E-state index contributed by atoms with van der Waals surface area (Å²) in [6.07, 6.45) is -1.40. The van der Waals surface area contributed by atoms with E-state index in [9.17, 15) is 28.8 Å². The third-order valence-electron chi connectivity index (χ3n) is 6.47. The van der Waals surface area contributed by atoms with Gasteiger partial charge in [0.15, 0.2) is 0 Å². The predicted octanol–water partition coefficient (Wildman–Crippen LogP) is 5.04. The highest BCUT2D eigenvalue weighted by Crippen LogP contribution is 2.10. The third-order valence-corrected chi connectivity index (χ3v) is 6.47. The molecule has 17 heteroatoms. The van der Waals surface area contributed by atoms with Crippen LogP contribution in [-0.2, 0) is 46.5 Å². The van der Waals surface area contributed by atoms with Gasteiger partial charge >= 0.3 is 36.3 Å². The molecule has 2 aromatic carbocycles. The van der Waals surface area contributed by atoms with Crippen molar-refractivity contribution in [2.24, 2.45) is 0 Å². The smallest absolute Gasteiger partial charge is 0.408 e. The van der Waals surface area contributed by atoms with Crippen molar-refractivity contribution in [3.63, 3.8) is 0 Å². The Morgan fingerprint density at radius 2 is 0.964 bits per heavy atom. The van der Waals surface area contributed by atoms with Crippen molar-refractivity contribution in [1.82, 2.24) is 21.3 Å². The summed E-state index contributed by atoms with van der Waals surface area (Å²) in [5.74, 6) is -1.74. The number of amides is 4. The van der Waals surface area contributed by atoms with Crippen LogP contribution in [0.4, 0.5) is 19.2 Å². The number of methoxy groups -OCH3 is 1. The van der Waals surface area contributed by atoms with E-state index in [-0.39, 0.29) is 39.1 Å². The van der Waals surface area contributed by atoms with Crippen molar-refractivity contribution in [3.05, 3.63) is 71.8 Å². The van der Waals surface area contributed by atoms with Crippen LogP contribution in [0.25, 0.3) is 0 Å². The summed E-state index contributed by atoms with van der Waals surface area (Å²) < 4.78 is 25.0. The molecule has 0 fully saturated rings. The lowest BCUT2D eigenvalue weighted by Gasteiger charge is -2.22. The number of nitrogens with one attached hydrogen (secondary N) is 4. The second-order valence-electron chi connectivity index (χ2n) is 13.5. The standard InChI is InChI=1S/C19H28N2O6.C18H26N2O6.CH4O/c1-19(2,3)27-18(24)21-15(16(22)25-4)11-8-12-20-17(23)26-13-14-9-6-5-7-10-14;1-18(2,3)26-17(24)20-14(15(21)22)10-7-11-19-16(23)25-12-13-8-5-4-6-9-13;1-2/h5-7,9-10,15H,8,11-13H2,1-4H3,(H,20,23)(H,21,24);4-6,8-9,14H,7,10-12H2,1-3H3,(H,19,23)(H,20,24)(H,21,22);2H,1H3. The number of benzene rings is 2. The van der Waals surface area contributed by atoms with Gasteiger partial charge in [0.25, 0.3) is 0 Å². The second kappa shape index (κ2) is 27.1. The van der Waals surface area contributed by atoms with Crippen molar-refractivity contribution >= 4 is 36.3 Å². The normalized spacial score (nSPS) is 11.6. The molecule has 0 aliphatic rings. The average Bonchev–Trinajstić information content (AvgIpc) is 3.12. The van der Waals surface area contributed by atoms with E-state index in [0.717, 1.165) is 18.2 Å². The summed E-state index contributed by atoms with van der Waals surface area (Å²) in [5.41, 5.74) is 0.376. The number of alkyl carbamates (subject to hydrolysis) is 4. The van der Waals surface area contributed by atoms with E-state index in [1.54, 1.807) is 41.5 Å². The molecule has 2 atom stereocenters. The van der Waals surface area contributed by atoms with Gasteiger partial charge in [-0.1, -0.05) is 60.7 Å². The van der Waals surface area contributed by atoms with Crippen LogP contribution < -0.4 is 21.3 Å². The highest BCUT2D eigenvalue weighted by Gasteiger charge is 2.25. The van der Waals surface area contributed by atoms with Crippen LogP contribution in [0.5, 0.6) is 0 Å². The van der Waals surface area contributed by atoms with Gasteiger partial charge in [0.1, 0.15) is 36.5 Å². The van der Waals surface area contributed by atoms with Gasteiger partial charge in [-0.2, -0.15) is 0 Å². The number of hydrogen-bond acceptors (Lipinski definition) is 12. The number of aliphatic carboxylic acids is 1. The minimum absolute atomic E-state index is 0.146. The Morgan fingerprint density at radius 3 is 1.31 bits per heavy atom. The fourth-order valence-corrected chi connectivity index (χ4v) is 4.09. The number of rotatable bonds is 16. The van der Waals surface area contributed by atoms with Crippen molar-refractivity contribution < 1.29 is 62.7 Å². The fourth-order valence-electron chi connectivity index (χ4n) is 4.09. The van der Waals surface area contributed by atoms with Crippen LogP contribution in [0.1, 0.15) is 78.4 Å². The Kier molecular flexibility index (Phi) is 24.3. The quantitative estimate of drug-likeness (QED) is 0.0745. The minimum atomic E-state index is -1.16. The summed E-state index contributed by atoms with van der Waals surface area (Å²) >= 11 is 0. The molecular weight excluding hydrogens is 720 g/mol. The van der Waals surface area contributed by atoms with E-state index in [1.165, 1.54) is 7.11 Å². The Bertz CT molecular complexity index is 1430. The van der Waals surface area contributed by atoms with E-state index in [1.807, 2.05) is 60.7 Å². The highest BCUT2D eigenvalue weighted by molar-refractivity contribution is 5.81. The predicted molar refractivity (Wildman–Crippen MR) is 202 cm³/mol. The van der Waals surface area contributed by atoms with Crippen LogP contribution in [-0.4, -0.2) is 97.1 Å². The van der Waals surface area contributed by atoms with Crippen LogP contribution in [0.3, 0.4) is 0 Å². The van der Waals surface area contributed by atoms with Gasteiger partial charge in [-0.3, -0.25) is 0 Å². The van der Waals surface area contributed by atoms with E-state index in [0.29, 0.717) is 12.8 Å². The maximum absolute atomic E-state index is 11.8. The highest BCUT2D eigenvalue weighted by atomic mass is 16.6. The van der Waals surface area contributed by atoms with Gasteiger partial charge in [-0.15, -0.1) is 0 Å². The van der Waals surface area contributed by atoms with Crippen molar-refractivity contribution in [2.75, 3.05) is 27.3 Å². The summed E-state index contributed by atoms with van der Waals surface area (Å²) in [7, 11) is 2.24. The number of carboxylic acids is 1. The molecule has 2 aromatic rings. The molecule has 0 aliphatic carbocycles. The van der Waals surface area contributed by atoms with Gasteiger partial charge in [-0.05, 0) is 78.4 Å². The first-order chi connectivity index (χ1) is 25.9. The summed E-state index contributed by atoms with van der Waals surface area (Å²) in [6, 6.07) is 16.6. The molecule has 0 spiro atoms. The van der Waals surface area contributed by atoms with Gasteiger partial charge in [0, 0.05) is 20.2 Å². The molecule has 0 aromatic heterocycles. The SMILES string of the molecule is CC(C)(C)OC(=O)NC(CCCNC(=O)OCc1ccccc1)C(=O)O.CO.COC(=O)C(CCCNC(=O)OCc1ccccc1)NC(=O)OC(C)(C)C. The molecule has 17 nitrogen and oxygen atoms in total. The number of esters is 1. The van der Waals surface area contributed by atoms with Crippen molar-refractivity contribution in [3.8, 4) is 0 Å². The first kappa shape index (κ1) is 49.4. The second-order valence-corrected chi connectivity index (χ2v) is 13.5. The number of aliphatic hydroxyl groups excluding tert-OH is 1. The molecule has 0 aliphatic heterocycles. The largest absolute Gasteiger partial charge is 0.480 e. The number of ether oxygens (including phenoxy) is 5. The Balaban J connectivity index is 0.00000102. The van der Waals surface area contributed by atoms with E-state index >= 15 is 0 Å². The molecule has 55 heavy (non-hydrogen) atoms. The molecular formula is C38H58N4O13. The number of carbonyl (C=O) groups excluding carboxylic acids is 5. The summed E-state index contributed by atoms with van der Waals surface area (Å²) in [6.45, 7) is 11.1. The molecule has 2 rings (SSSR count). The van der Waals surface area contributed by atoms with Crippen LogP contribution in [0.15, 0.2) is 60.7 Å². The topological polar surface area (TPSA) is 237 Å². The maximum atomic E-state index is 11.8. The van der Waals surface area contributed by atoms with E-state index in [2.05, 4.69) is 26.0 Å². The van der Waals surface area contributed by atoms with Gasteiger partial charge in [0.2, 0.25) is 0 Å². The number of hydrogen-bond donors (Lipinski definition) is 6. The van der Waals surface area contributed by atoms with E-state index in [4.69, 9.17) is 29.2 Å². The number of carbonyl (C=O) groups is 6. The van der Waals surface area contributed by atoms with Gasteiger partial charge in [0.05, 0.1) is 7.11 Å². The van der Waals surface area contributed by atoms with E-state index < -0.39 is 59.6 Å². The Hall–Kier alpha value is -5.58. The lowest BCUT2D eigenvalue weighted by atomic mass is 10.1. The van der Waals surface area contributed by atoms with Crippen molar-refractivity contribution in [2.45, 2.75) is 104 Å². The molecule has 0 saturated heterocycles. The Morgan fingerprint density at radius 1 is 0.600 bits per heavy atom. The first-order valence-corrected chi connectivity index (χ1v) is 17.5. The van der Waals surface area contributed by atoms with Gasteiger partial charge in [-0.25, -0.2) is 28.8 Å². The lowest BCUT2D eigenvalue weighted by molar-refractivity contribution is -0.143. The van der Waals surface area contributed by atoms with Crippen LogP contribution in [0.2, 0.25) is 0 Å². The molecule has 308 valence electrons. The molecule has 0 bridgehead atoms. The fraction of sp³-hybridized carbons (Fsp3) is 0.526. The molecule has 2 unspecified atom stereocenters. The maximum Gasteiger partial charge on any atom is 0.408 e. The number of carboxylic acid groups (broad SMARTS) is 1. The average molecular weight is 779 g/mol. The molecule has 6 N–H and O–H groups in total. The minimum Gasteiger partial charge on any atom is -0.480 e. The van der Waals surface area contributed by atoms with Crippen molar-refractivity contribution in [1.29, 1.82) is 0 Å². The zero-order valence-corrected chi connectivity index (χ0v) is 33.0. The summed E-state index contributed by atoms with van der Waals surface area (Å²) in [4.78, 5) is 69.7. The summed E-state index contributed by atoms with van der Waals surface area (Å²) in [5, 5.41) is 26.1. The molecule has 0 heterocycles. The van der Waals surface area contributed by atoms with Gasteiger partial charge < -0.3 is 55.2 Å². The molecule has 0 saturated carbocycles.